The summed E-state index contributed by atoms with van der Waals surface area (Å²) < 4.78 is 13.2. The zero-order chi connectivity index (χ0) is 17.3. The maximum Gasteiger partial charge on any atom is 0.243 e. The highest BCUT2D eigenvalue weighted by Gasteiger charge is 2.30. The van der Waals surface area contributed by atoms with E-state index in [0.717, 1.165) is 11.4 Å². The van der Waals surface area contributed by atoms with Gasteiger partial charge in [-0.25, -0.2) is 4.39 Å². The summed E-state index contributed by atoms with van der Waals surface area (Å²) in [4.78, 5) is 14.4. The Morgan fingerprint density at radius 3 is 2.83 bits per heavy atom. The van der Waals surface area contributed by atoms with E-state index >= 15 is 0 Å². The standard InChI is InChI=1S/C18H19ClFN3O/c1-18(2)11-23(16-6-4-3-5-15(16)22-18)10-17(24)21-12-7-8-14(20)13(19)9-12/h3-9,22H,10-11H2,1-2H3,(H,21,24). The van der Waals surface area contributed by atoms with Crippen molar-refractivity contribution in [3.05, 3.63) is 53.3 Å². The molecule has 2 aromatic carbocycles. The average molecular weight is 348 g/mol. The van der Waals surface area contributed by atoms with Gasteiger partial charge >= 0.3 is 0 Å². The molecule has 1 amide bonds. The van der Waals surface area contributed by atoms with E-state index in [9.17, 15) is 9.18 Å². The molecule has 0 saturated carbocycles. The third-order valence-corrected chi connectivity index (χ3v) is 4.13. The molecule has 0 aromatic heterocycles. The number of benzene rings is 2. The van der Waals surface area contributed by atoms with Crippen LogP contribution in [-0.4, -0.2) is 24.5 Å². The van der Waals surface area contributed by atoms with Crippen LogP contribution in [0.4, 0.5) is 21.5 Å². The highest BCUT2D eigenvalue weighted by atomic mass is 35.5. The lowest BCUT2D eigenvalue weighted by molar-refractivity contribution is -0.115. The van der Waals surface area contributed by atoms with E-state index in [4.69, 9.17) is 11.6 Å². The molecule has 0 spiro atoms. The number of hydrogen-bond acceptors (Lipinski definition) is 3. The molecule has 1 aliphatic rings. The van der Waals surface area contributed by atoms with Crippen LogP contribution in [0, 0.1) is 5.82 Å². The average Bonchev–Trinajstić information content (AvgIpc) is 2.50. The fourth-order valence-electron chi connectivity index (χ4n) is 2.91. The number of carbonyl (C=O) groups excluding carboxylic acids is 1. The highest BCUT2D eigenvalue weighted by Crippen LogP contribution is 2.33. The van der Waals surface area contributed by atoms with Crippen molar-refractivity contribution in [2.75, 3.05) is 28.6 Å². The molecule has 126 valence electrons. The van der Waals surface area contributed by atoms with Gasteiger partial charge in [0.1, 0.15) is 5.82 Å². The van der Waals surface area contributed by atoms with Gasteiger partial charge in [-0.15, -0.1) is 0 Å². The highest BCUT2D eigenvalue weighted by molar-refractivity contribution is 6.31. The number of anilines is 3. The van der Waals surface area contributed by atoms with Gasteiger partial charge in [0.2, 0.25) is 5.91 Å². The third-order valence-electron chi connectivity index (χ3n) is 3.84. The Morgan fingerprint density at radius 1 is 1.33 bits per heavy atom. The molecular formula is C18H19ClFN3O. The molecule has 6 heteroatoms. The Kier molecular flexibility index (Phi) is 4.37. The minimum Gasteiger partial charge on any atom is -0.377 e. The molecule has 0 unspecified atom stereocenters. The van der Waals surface area contributed by atoms with Gasteiger partial charge in [-0.05, 0) is 44.2 Å². The van der Waals surface area contributed by atoms with Gasteiger partial charge in [-0.3, -0.25) is 4.79 Å². The van der Waals surface area contributed by atoms with E-state index in [1.807, 2.05) is 29.2 Å². The number of halogens is 2. The molecule has 2 aromatic rings. The Bertz CT molecular complexity index is 779. The third kappa shape index (κ3) is 3.62. The minimum atomic E-state index is -0.507. The summed E-state index contributed by atoms with van der Waals surface area (Å²) in [6.07, 6.45) is 0. The lowest BCUT2D eigenvalue weighted by atomic mass is 9.99. The van der Waals surface area contributed by atoms with E-state index in [1.165, 1.54) is 18.2 Å². The zero-order valence-electron chi connectivity index (χ0n) is 13.6. The summed E-state index contributed by atoms with van der Waals surface area (Å²) in [6.45, 7) is 5.08. The predicted octanol–water partition coefficient (Wildman–Crippen LogP) is 4.13. The summed E-state index contributed by atoms with van der Waals surface area (Å²) in [5.41, 5.74) is 2.33. The number of para-hydroxylation sites is 2. The summed E-state index contributed by atoms with van der Waals surface area (Å²) in [6, 6.07) is 12.0. The first-order valence-corrected chi connectivity index (χ1v) is 8.09. The maximum absolute atomic E-state index is 13.2. The Hall–Kier alpha value is -2.27. The van der Waals surface area contributed by atoms with Crippen molar-refractivity contribution in [1.82, 2.24) is 0 Å². The van der Waals surface area contributed by atoms with Crippen LogP contribution in [0.15, 0.2) is 42.5 Å². The molecular weight excluding hydrogens is 329 g/mol. The van der Waals surface area contributed by atoms with Crippen molar-refractivity contribution in [3.63, 3.8) is 0 Å². The Labute approximate surface area is 145 Å². The van der Waals surface area contributed by atoms with Gasteiger partial charge in [0, 0.05) is 17.8 Å². The largest absolute Gasteiger partial charge is 0.377 e. The summed E-state index contributed by atoms with van der Waals surface area (Å²) in [7, 11) is 0. The number of carbonyl (C=O) groups is 1. The molecule has 0 saturated heterocycles. The van der Waals surface area contributed by atoms with Gasteiger partial charge in [-0.1, -0.05) is 23.7 Å². The van der Waals surface area contributed by atoms with E-state index < -0.39 is 5.82 Å². The smallest absolute Gasteiger partial charge is 0.243 e. The van der Waals surface area contributed by atoms with Crippen LogP contribution in [0.3, 0.4) is 0 Å². The fourth-order valence-corrected chi connectivity index (χ4v) is 3.09. The van der Waals surface area contributed by atoms with Crippen molar-refractivity contribution < 1.29 is 9.18 Å². The zero-order valence-corrected chi connectivity index (χ0v) is 14.3. The van der Waals surface area contributed by atoms with Crippen LogP contribution in [0.2, 0.25) is 5.02 Å². The molecule has 4 nitrogen and oxygen atoms in total. The topological polar surface area (TPSA) is 44.4 Å². The second kappa shape index (κ2) is 6.32. The Balaban J connectivity index is 1.75. The van der Waals surface area contributed by atoms with E-state index in [2.05, 4.69) is 24.5 Å². The molecule has 0 fully saturated rings. The Morgan fingerprint density at radius 2 is 2.08 bits per heavy atom. The van der Waals surface area contributed by atoms with E-state index in [-0.39, 0.29) is 23.0 Å². The molecule has 2 N–H and O–H groups in total. The number of nitrogens with one attached hydrogen (secondary N) is 2. The molecule has 3 rings (SSSR count). The van der Waals surface area contributed by atoms with Crippen LogP contribution in [0.5, 0.6) is 0 Å². The summed E-state index contributed by atoms with van der Waals surface area (Å²) in [5, 5.41) is 6.22. The van der Waals surface area contributed by atoms with Crippen molar-refractivity contribution in [2.45, 2.75) is 19.4 Å². The van der Waals surface area contributed by atoms with E-state index in [0.29, 0.717) is 12.2 Å². The maximum atomic E-state index is 13.2. The van der Waals surface area contributed by atoms with Crippen molar-refractivity contribution in [2.24, 2.45) is 0 Å². The van der Waals surface area contributed by atoms with Crippen LogP contribution < -0.4 is 15.5 Å². The SMILES string of the molecule is CC1(C)CN(CC(=O)Nc2ccc(F)c(Cl)c2)c2ccccc2N1. The van der Waals surface area contributed by atoms with Crippen molar-refractivity contribution >= 4 is 34.6 Å². The number of fused-ring (bicyclic) bond motifs is 1. The first-order chi connectivity index (χ1) is 11.3. The fraction of sp³-hybridized carbons (Fsp3) is 0.278. The quantitative estimate of drug-likeness (QED) is 0.877. The number of nitrogens with zero attached hydrogens (tertiary/aromatic N) is 1. The first-order valence-electron chi connectivity index (χ1n) is 7.71. The molecule has 0 bridgehead atoms. The van der Waals surface area contributed by atoms with Gasteiger partial charge in [0.25, 0.3) is 0 Å². The lowest BCUT2D eigenvalue weighted by Crippen LogP contribution is -2.50. The molecule has 1 aliphatic heterocycles. The second-order valence-electron chi connectivity index (χ2n) is 6.56. The molecule has 0 aliphatic carbocycles. The van der Waals surface area contributed by atoms with Gasteiger partial charge in [0.15, 0.2) is 0 Å². The van der Waals surface area contributed by atoms with E-state index in [1.54, 1.807) is 0 Å². The molecule has 24 heavy (non-hydrogen) atoms. The van der Waals surface area contributed by atoms with Crippen LogP contribution in [0.1, 0.15) is 13.8 Å². The minimum absolute atomic E-state index is 0.0125. The summed E-state index contributed by atoms with van der Waals surface area (Å²) >= 11 is 5.75. The molecule has 1 heterocycles. The van der Waals surface area contributed by atoms with Gasteiger partial charge in [-0.2, -0.15) is 0 Å². The number of amides is 1. The summed E-state index contributed by atoms with van der Waals surface area (Å²) in [5.74, 6) is -0.683. The lowest BCUT2D eigenvalue weighted by Gasteiger charge is -2.41. The molecule has 0 radical (unpaired) electrons. The number of hydrogen-bond donors (Lipinski definition) is 2. The normalized spacial score (nSPS) is 15.4. The predicted molar refractivity (Wildman–Crippen MR) is 96.4 cm³/mol. The van der Waals surface area contributed by atoms with Crippen LogP contribution in [-0.2, 0) is 4.79 Å². The van der Waals surface area contributed by atoms with Crippen LogP contribution >= 0.6 is 11.6 Å². The van der Waals surface area contributed by atoms with Crippen molar-refractivity contribution in [1.29, 1.82) is 0 Å². The molecule has 0 atom stereocenters. The monoisotopic (exact) mass is 347 g/mol. The van der Waals surface area contributed by atoms with Gasteiger partial charge in [0.05, 0.1) is 22.9 Å². The van der Waals surface area contributed by atoms with Crippen molar-refractivity contribution in [3.8, 4) is 0 Å². The number of rotatable bonds is 3. The second-order valence-corrected chi connectivity index (χ2v) is 6.97. The van der Waals surface area contributed by atoms with Gasteiger partial charge < -0.3 is 15.5 Å². The van der Waals surface area contributed by atoms with Crippen LogP contribution in [0.25, 0.3) is 0 Å². The first kappa shape index (κ1) is 16.6.